The lowest BCUT2D eigenvalue weighted by atomic mass is 10.2. The molecule has 1 amide bonds. The van der Waals surface area contributed by atoms with E-state index in [9.17, 15) is 4.79 Å². The second-order valence-corrected chi connectivity index (χ2v) is 6.15. The lowest BCUT2D eigenvalue weighted by molar-refractivity contribution is 0.0756. The summed E-state index contributed by atoms with van der Waals surface area (Å²) in [5.74, 6) is 0.694. The summed E-state index contributed by atoms with van der Waals surface area (Å²) in [6.07, 6.45) is 3.85. The number of hydrogen-bond acceptors (Lipinski definition) is 5. The molecule has 0 radical (unpaired) electrons. The summed E-state index contributed by atoms with van der Waals surface area (Å²) in [6.45, 7) is 5.80. The van der Waals surface area contributed by atoms with Gasteiger partial charge in [-0.2, -0.15) is 0 Å². The predicted molar refractivity (Wildman–Crippen MR) is 83.1 cm³/mol. The van der Waals surface area contributed by atoms with Gasteiger partial charge in [0.1, 0.15) is 5.82 Å². The molecule has 0 bridgehead atoms. The molecule has 1 aliphatic heterocycles. The molecule has 2 rings (SSSR count). The highest BCUT2D eigenvalue weighted by atomic mass is 16.2. The maximum atomic E-state index is 12.6. The number of aromatic nitrogens is 2. The first-order chi connectivity index (χ1) is 9.90. The summed E-state index contributed by atoms with van der Waals surface area (Å²) in [4.78, 5) is 25.1. The molecule has 1 fully saturated rings. The van der Waals surface area contributed by atoms with Crippen LogP contribution in [0.5, 0.6) is 0 Å². The molecule has 21 heavy (non-hydrogen) atoms. The third kappa shape index (κ3) is 3.50. The van der Waals surface area contributed by atoms with Crippen LogP contribution in [-0.4, -0.2) is 58.9 Å². The van der Waals surface area contributed by atoms with Crippen LogP contribution in [0.4, 0.5) is 5.69 Å². The van der Waals surface area contributed by atoms with Gasteiger partial charge < -0.3 is 15.5 Å². The number of likely N-dealkylation sites (tertiary alicyclic amines) is 1. The number of amides is 1. The molecule has 1 aliphatic rings. The van der Waals surface area contributed by atoms with E-state index in [0.717, 1.165) is 13.0 Å². The zero-order valence-electron chi connectivity index (χ0n) is 13.3. The summed E-state index contributed by atoms with van der Waals surface area (Å²) in [7, 11) is 3.91. The molecule has 2 N–H and O–H groups in total. The van der Waals surface area contributed by atoms with Crippen LogP contribution < -0.4 is 5.73 Å². The van der Waals surface area contributed by atoms with Crippen molar-refractivity contribution >= 4 is 11.6 Å². The maximum Gasteiger partial charge on any atom is 0.274 e. The van der Waals surface area contributed by atoms with Gasteiger partial charge >= 0.3 is 0 Å². The number of carbonyl (C=O) groups is 1. The molecule has 2 heterocycles. The highest BCUT2D eigenvalue weighted by Gasteiger charge is 2.26. The van der Waals surface area contributed by atoms with Crippen LogP contribution in [0.2, 0.25) is 0 Å². The van der Waals surface area contributed by atoms with Crippen LogP contribution in [0.25, 0.3) is 0 Å². The Kier molecular flexibility index (Phi) is 4.77. The number of nitrogens with zero attached hydrogens (tertiary/aromatic N) is 4. The molecule has 1 unspecified atom stereocenters. The average molecular weight is 291 g/mol. The minimum Gasteiger partial charge on any atom is -0.396 e. The number of rotatable bonds is 4. The summed E-state index contributed by atoms with van der Waals surface area (Å²) in [5.41, 5.74) is 6.54. The monoisotopic (exact) mass is 291 g/mol. The molecule has 6 heteroatoms. The molecule has 1 atom stereocenters. The summed E-state index contributed by atoms with van der Waals surface area (Å²) in [6, 6.07) is 0.423. The molecule has 1 aromatic heterocycles. The van der Waals surface area contributed by atoms with Gasteiger partial charge in [-0.1, -0.05) is 13.8 Å². The highest BCUT2D eigenvalue weighted by Crippen LogP contribution is 2.18. The molecule has 0 aliphatic carbocycles. The Morgan fingerprint density at radius 2 is 2.29 bits per heavy atom. The topological polar surface area (TPSA) is 75.3 Å². The van der Waals surface area contributed by atoms with Gasteiger partial charge in [0.15, 0.2) is 5.69 Å². The highest BCUT2D eigenvalue weighted by molar-refractivity contribution is 5.96. The first kappa shape index (κ1) is 15.7. The number of likely N-dealkylation sites (N-methyl/N-ethyl adjacent to an activating group) is 2. The second kappa shape index (κ2) is 6.39. The Morgan fingerprint density at radius 3 is 2.86 bits per heavy atom. The fourth-order valence-corrected chi connectivity index (χ4v) is 2.64. The third-order valence-corrected chi connectivity index (χ3v) is 4.06. The van der Waals surface area contributed by atoms with Crippen molar-refractivity contribution in [2.24, 2.45) is 0 Å². The maximum absolute atomic E-state index is 12.6. The van der Waals surface area contributed by atoms with Gasteiger partial charge in [0.2, 0.25) is 0 Å². The number of nitrogens with two attached hydrogens (primary N) is 1. The van der Waals surface area contributed by atoms with E-state index in [4.69, 9.17) is 5.73 Å². The SMILES string of the molecule is CC(C)c1ncc(N)c(C(=O)N(C)CC2CCCN2C)n1. The van der Waals surface area contributed by atoms with Crippen molar-refractivity contribution in [3.05, 3.63) is 17.7 Å². The van der Waals surface area contributed by atoms with E-state index in [-0.39, 0.29) is 11.8 Å². The van der Waals surface area contributed by atoms with Crippen LogP contribution >= 0.6 is 0 Å². The Labute approximate surface area is 126 Å². The standard InChI is InChI=1S/C15H25N5O/c1-10(2)14-17-8-12(16)13(18-14)15(21)20(4)9-11-6-5-7-19(11)3/h8,10-11H,5-7,9,16H2,1-4H3. The van der Waals surface area contributed by atoms with Crippen LogP contribution in [0, 0.1) is 0 Å². The van der Waals surface area contributed by atoms with Crippen molar-refractivity contribution in [2.45, 2.75) is 38.6 Å². The van der Waals surface area contributed by atoms with Gasteiger partial charge in [0, 0.05) is 25.6 Å². The van der Waals surface area contributed by atoms with E-state index in [2.05, 4.69) is 21.9 Å². The van der Waals surface area contributed by atoms with Crippen LogP contribution in [0.1, 0.15) is 48.9 Å². The number of anilines is 1. The molecule has 1 saturated heterocycles. The normalized spacial score (nSPS) is 19.2. The zero-order valence-corrected chi connectivity index (χ0v) is 13.3. The van der Waals surface area contributed by atoms with Gasteiger partial charge in [-0.05, 0) is 26.4 Å². The quantitative estimate of drug-likeness (QED) is 0.906. The van der Waals surface area contributed by atoms with Crippen molar-refractivity contribution in [3.8, 4) is 0 Å². The minimum absolute atomic E-state index is 0.128. The number of hydrogen-bond donors (Lipinski definition) is 1. The van der Waals surface area contributed by atoms with Crippen molar-refractivity contribution in [3.63, 3.8) is 0 Å². The Balaban J connectivity index is 2.13. The minimum atomic E-state index is -0.128. The van der Waals surface area contributed by atoms with E-state index < -0.39 is 0 Å². The van der Waals surface area contributed by atoms with Crippen LogP contribution in [0.15, 0.2) is 6.20 Å². The van der Waals surface area contributed by atoms with Crippen LogP contribution in [0.3, 0.4) is 0 Å². The van der Waals surface area contributed by atoms with Gasteiger partial charge in [0.05, 0.1) is 11.9 Å². The predicted octanol–water partition coefficient (Wildman–Crippen LogP) is 1.35. The first-order valence-electron chi connectivity index (χ1n) is 7.48. The fourth-order valence-electron chi connectivity index (χ4n) is 2.64. The fraction of sp³-hybridized carbons (Fsp3) is 0.667. The molecule has 116 valence electrons. The molecule has 1 aromatic rings. The second-order valence-electron chi connectivity index (χ2n) is 6.15. The first-order valence-corrected chi connectivity index (χ1v) is 7.48. The number of carbonyl (C=O) groups excluding carboxylic acids is 1. The lowest BCUT2D eigenvalue weighted by Gasteiger charge is -2.26. The molecule has 6 nitrogen and oxygen atoms in total. The van der Waals surface area contributed by atoms with Gasteiger partial charge in [-0.25, -0.2) is 9.97 Å². The van der Waals surface area contributed by atoms with Crippen molar-refractivity contribution in [1.29, 1.82) is 0 Å². The zero-order chi connectivity index (χ0) is 15.6. The lowest BCUT2D eigenvalue weighted by Crippen LogP contribution is -2.40. The summed E-state index contributed by atoms with van der Waals surface area (Å²) >= 11 is 0. The molecular weight excluding hydrogens is 266 g/mol. The molecular formula is C15H25N5O. The molecule has 0 spiro atoms. The van der Waals surface area contributed by atoms with Gasteiger partial charge in [-0.15, -0.1) is 0 Å². The molecule has 0 aromatic carbocycles. The van der Waals surface area contributed by atoms with E-state index in [1.807, 2.05) is 20.9 Å². The van der Waals surface area contributed by atoms with E-state index in [1.54, 1.807) is 4.90 Å². The summed E-state index contributed by atoms with van der Waals surface area (Å²) < 4.78 is 0. The van der Waals surface area contributed by atoms with Crippen LogP contribution in [-0.2, 0) is 0 Å². The van der Waals surface area contributed by atoms with Crippen molar-refractivity contribution < 1.29 is 4.79 Å². The van der Waals surface area contributed by atoms with E-state index >= 15 is 0 Å². The van der Waals surface area contributed by atoms with E-state index in [1.165, 1.54) is 12.6 Å². The number of nitrogen functional groups attached to an aromatic ring is 1. The van der Waals surface area contributed by atoms with Crippen molar-refractivity contribution in [1.82, 2.24) is 19.8 Å². The third-order valence-electron chi connectivity index (χ3n) is 4.06. The van der Waals surface area contributed by atoms with Crippen molar-refractivity contribution in [2.75, 3.05) is 32.9 Å². The van der Waals surface area contributed by atoms with Gasteiger partial charge in [0.25, 0.3) is 5.91 Å². The summed E-state index contributed by atoms with van der Waals surface area (Å²) in [5, 5.41) is 0. The Hall–Kier alpha value is -1.69. The Morgan fingerprint density at radius 1 is 1.57 bits per heavy atom. The molecule has 0 saturated carbocycles. The average Bonchev–Trinajstić information content (AvgIpc) is 2.83. The largest absolute Gasteiger partial charge is 0.396 e. The van der Waals surface area contributed by atoms with Gasteiger partial charge in [-0.3, -0.25) is 4.79 Å². The van der Waals surface area contributed by atoms with E-state index in [0.29, 0.717) is 29.8 Å². The smallest absolute Gasteiger partial charge is 0.274 e. The Bertz CT molecular complexity index is 517.